The van der Waals surface area contributed by atoms with E-state index in [0.717, 1.165) is 27.1 Å². The molecule has 0 bridgehead atoms. The van der Waals surface area contributed by atoms with Gasteiger partial charge in [-0.15, -0.1) is 0 Å². The van der Waals surface area contributed by atoms with E-state index in [9.17, 15) is 5.11 Å². The molecule has 6 heteroatoms. The summed E-state index contributed by atoms with van der Waals surface area (Å²) in [6.07, 6.45) is 0.993. The van der Waals surface area contributed by atoms with Crippen LogP contribution in [0.4, 0.5) is 0 Å². The predicted molar refractivity (Wildman–Crippen MR) is 77.1 cm³/mol. The maximum absolute atomic E-state index is 10.7. The van der Waals surface area contributed by atoms with Crippen molar-refractivity contribution in [1.29, 1.82) is 0 Å². The number of aryl methyl sites for hydroxylation is 2. The number of hydrogen-bond acceptors (Lipinski definition) is 3. The van der Waals surface area contributed by atoms with Crippen molar-refractivity contribution in [2.75, 3.05) is 0 Å². The van der Waals surface area contributed by atoms with E-state index in [4.69, 9.17) is 0 Å². The van der Waals surface area contributed by atoms with Gasteiger partial charge in [-0.2, -0.15) is 10.2 Å². The minimum atomic E-state index is -0.729. The molecule has 2 rings (SSSR count). The fourth-order valence-corrected chi connectivity index (χ4v) is 2.83. The zero-order valence-electron chi connectivity index (χ0n) is 11.8. The standard InChI is InChI=1S/C13H19BrN4O/c1-7(2)18-12(10(14)6-15-18)13(19)11-8(3)16-17(5)9(11)4/h6-7,13,19H,1-5H3. The van der Waals surface area contributed by atoms with Gasteiger partial charge in [0.05, 0.1) is 22.1 Å². The van der Waals surface area contributed by atoms with Crippen molar-refractivity contribution in [1.82, 2.24) is 19.6 Å². The zero-order valence-corrected chi connectivity index (χ0v) is 13.4. The molecule has 5 nitrogen and oxygen atoms in total. The number of rotatable bonds is 3. The molecule has 0 spiro atoms. The number of nitrogens with zero attached hydrogens (tertiary/aromatic N) is 4. The molecule has 0 aliphatic rings. The average Bonchev–Trinajstić information content (AvgIpc) is 2.81. The van der Waals surface area contributed by atoms with Crippen molar-refractivity contribution in [3.05, 3.63) is 33.3 Å². The Morgan fingerprint density at radius 1 is 1.32 bits per heavy atom. The molecule has 1 N–H and O–H groups in total. The Kier molecular flexibility index (Phi) is 3.82. The van der Waals surface area contributed by atoms with Crippen LogP contribution in [0.2, 0.25) is 0 Å². The molecule has 1 unspecified atom stereocenters. The molecule has 0 amide bonds. The van der Waals surface area contributed by atoms with Crippen LogP contribution in [0.15, 0.2) is 10.7 Å². The minimum Gasteiger partial charge on any atom is -0.382 e. The van der Waals surface area contributed by atoms with E-state index < -0.39 is 6.10 Å². The van der Waals surface area contributed by atoms with E-state index in [0.29, 0.717) is 0 Å². The summed E-state index contributed by atoms with van der Waals surface area (Å²) in [6.45, 7) is 7.95. The summed E-state index contributed by atoms with van der Waals surface area (Å²) >= 11 is 3.47. The summed E-state index contributed by atoms with van der Waals surface area (Å²) in [4.78, 5) is 0. The Morgan fingerprint density at radius 3 is 2.42 bits per heavy atom. The molecule has 104 valence electrons. The molecule has 2 aromatic rings. The molecule has 0 fully saturated rings. The van der Waals surface area contributed by atoms with Gasteiger partial charge in [-0.05, 0) is 43.6 Å². The molecule has 0 aliphatic heterocycles. The van der Waals surface area contributed by atoms with E-state index >= 15 is 0 Å². The van der Waals surface area contributed by atoms with Gasteiger partial charge in [0.1, 0.15) is 6.10 Å². The van der Waals surface area contributed by atoms with Gasteiger partial charge in [-0.3, -0.25) is 9.36 Å². The molecule has 0 radical (unpaired) electrons. The number of aromatic nitrogens is 4. The maximum atomic E-state index is 10.7. The average molecular weight is 327 g/mol. The van der Waals surface area contributed by atoms with E-state index in [1.165, 1.54) is 0 Å². The van der Waals surface area contributed by atoms with Crippen LogP contribution in [0, 0.1) is 13.8 Å². The van der Waals surface area contributed by atoms with Crippen LogP contribution >= 0.6 is 15.9 Å². The molecule has 0 saturated heterocycles. The first-order chi connectivity index (χ1) is 8.84. The highest BCUT2D eigenvalue weighted by molar-refractivity contribution is 9.10. The van der Waals surface area contributed by atoms with E-state index in [1.54, 1.807) is 10.9 Å². The topological polar surface area (TPSA) is 55.9 Å². The SMILES string of the molecule is Cc1nn(C)c(C)c1C(O)c1c(Br)cnn1C(C)C. The number of hydrogen-bond donors (Lipinski definition) is 1. The fraction of sp³-hybridized carbons (Fsp3) is 0.538. The van der Waals surface area contributed by atoms with Crippen molar-refractivity contribution < 1.29 is 5.11 Å². The van der Waals surface area contributed by atoms with Gasteiger partial charge in [-0.25, -0.2) is 0 Å². The van der Waals surface area contributed by atoms with Gasteiger partial charge in [0.25, 0.3) is 0 Å². The quantitative estimate of drug-likeness (QED) is 0.943. The van der Waals surface area contributed by atoms with Crippen molar-refractivity contribution in [3.8, 4) is 0 Å². The highest BCUT2D eigenvalue weighted by atomic mass is 79.9. The third kappa shape index (κ3) is 2.34. The van der Waals surface area contributed by atoms with Gasteiger partial charge < -0.3 is 5.11 Å². The van der Waals surface area contributed by atoms with Crippen molar-refractivity contribution >= 4 is 15.9 Å². The molecule has 19 heavy (non-hydrogen) atoms. The minimum absolute atomic E-state index is 0.188. The monoisotopic (exact) mass is 326 g/mol. The second kappa shape index (κ2) is 5.09. The van der Waals surface area contributed by atoms with Gasteiger partial charge in [0, 0.05) is 24.3 Å². The Hall–Kier alpha value is -1.14. The Morgan fingerprint density at radius 2 is 1.95 bits per heavy atom. The summed E-state index contributed by atoms with van der Waals surface area (Å²) < 4.78 is 4.44. The van der Waals surface area contributed by atoms with Crippen molar-refractivity contribution in [2.45, 2.75) is 39.8 Å². The summed E-state index contributed by atoms with van der Waals surface area (Å²) in [5.74, 6) is 0. The molecule has 2 heterocycles. The Balaban J connectivity index is 2.56. The lowest BCUT2D eigenvalue weighted by atomic mass is 10.0. The Bertz CT molecular complexity index is 600. The summed E-state index contributed by atoms with van der Waals surface area (Å²) in [6, 6.07) is 0.188. The van der Waals surface area contributed by atoms with E-state index in [2.05, 4.69) is 26.1 Å². The summed E-state index contributed by atoms with van der Waals surface area (Å²) in [5.41, 5.74) is 3.43. The molecule has 1 atom stereocenters. The third-order valence-corrected chi connectivity index (χ3v) is 3.98. The fourth-order valence-electron chi connectivity index (χ4n) is 2.34. The summed E-state index contributed by atoms with van der Waals surface area (Å²) in [7, 11) is 1.88. The van der Waals surface area contributed by atoms with Crippen LogP contribution < -0.4 is 0 Å². The van der Waals surface area contributed by atoms with Crippen LogP contribution in [-0.4, -0.2) is 24.7 Å². The molecular weight excluding hydrogens is 308 g/mol. The normalized spacial score (nSPS) is 13.3. The molecule has 0 aromatic carbocycles. The first-order valence-corrected chi connectivity index (χ1v) is 7.05. The van der Waals surface area contributed by atoms with Crippen molar-refractivity contribution in [3.63, 3.8) is 0 Å². The van der Waals surface area contributed by atoms with Gasteiger partial charge in [0.15, 0.2) is 0 Å². The largest absolute Gasteiger partial charge is 0.382 e. The highest BCUT2D eigenvalue weighted by Crippen LogP contribution is 2.33. The molecular formula is C13H19BrN4O. The molecule has 0 aliphatic carbocycles. The van der Waals surface area contributed by atoms with E-state index in [-0.39, 0.29) is 6.04 Å². The van der Waals surface area contributed by atoms with Crippen molar-refractivity contribution in [2.24, 2.45) is 7.05 Å². The number of aliphatic hydroxyl groups is 1. The van der Waals surface area contributed by atoms with Gasteiger partial charge in [-0.1, -0.05) is 0 Å². The third-order valence-electron chi connectivity index (χ3n) is 3.37. The lowest BCUT2D eigenvalue weighted by Crippen LogP contribution is -2.13. The predicted octanol–water partition coefficient (Wildman–Crippen LogP) is 2.66. The Labute approximate surface area is 121 Å². The zero-order chi connectivity index (χ0) is 14.3. The van der Waals surface area contributed by atoms with Crippen LogP contribution in [0.3, 0.4) is 0 Å². The number of aliphatic hydroxyl groups excluding tert-OH is 1. The highest BCUT2D eigenvalue weighted by Gasteiger charge is 2.26. The first-order valence-electron chi connectivity index (χ1n) is 6.25. The second-order valence-electron chi connectivity index (χ2n) is 5.03. The molecule has 2 aromatic heterocycles. The lowest BCUT2D eigenvalue weighted by Gasteiger charge is -2.17. The number of halogens is 1. The van der Waals surface area contributed by atoms with Gasteiger partial charge in [0.2, 0.25) is 0 Å². The maximum Gasteiger partial charge on any atom is 0.125 e. The molecule has 0 saturated carbocycles. The first kappa shape index (κ1) is 14.3. The van der Waals surface area contributed by atoms with Crippen LogP contribution in [0.25, 0.3) is 0 Å². The smallest absolute Gasteiger partial charge is 0.125 e. The summed E-state index contributed by atoms with van der Waals surface area (Å²) in [5, 5.41) is 19.4. The van der Waals surface area contributed by atoms with E-state index in [1.807, 2.05) is 39.4 Å². The lowest BCUT2D eigenvalue weighted by molar-refractivity contribution is 0.202. The second-order valence-corrected chi connectivity index (χ2v) is 5.88. The van der Waals surface area contributed by atoms with Gasteiger partial charge >= 0.3 is 0 Å². The van der Waals surface area contributed by atoms with Crippen LogP contribution in [0.1, 0.15) is 48.6 Å². The van der Waals surface area contributed by atoms with Crippen LogP contribution in [-0.2, 0) is 7.05 Å². The van der Waals surface area contributed by atoms with Crippen LogP contribution in [0.5, 0.6) is 0 Å².